The molecule has 0 fully saturated rings. The molecule has 0 bridgehead atoms. The van der Waals surface area contributed by atoms with E-state index in [0.717, 1.165) is 29.6 Å². The van der Waals surface area contributed by atoms with Crippen LogP contribution in [0.5, 0.6) is 5.75 Å². The molecule has 0 aliphatic rings. The van der Waals surface area contributed by atoms with Crippen LogP contribution in [0, 0.1) is 6.92 Å². The Bertz CT molecular complexity index is 840. The summed E-state index contributed by atoms with van der Waals surface area (Å²) in [5.74, 6) is 0.606. The maximum absolute atomic E-state index is 12.1. The molecule has 0 saturated carbocycles. The molecule has 0 aliphatic carbocycles. The van der Waals surface area contributed by atoms with E-state index in [-0.39, 0.29) is 5.91 Å². The number of nitrogens with one attached hydrogen (secondary N) is 1. The van der Waals surface area contributed by atoms with E-state index in [1.807, 2.05) is 55.7 Å². The predicted octanol–water partition coefficient (Wildman–Crippen LogP) is 3.32. The molecule has 0 saturated heterocycles. The zero-order chi connectivity index (χ0) is 17.6. The van der Waals surface area contributed by atoms with Gasteiger partial charge < -0.3 is 14.6 Å². The molecule has 0 radical (unpaired) electrons. The third-order valence-electron chi connectivity index (χ3n) is 4.11. The Balaban J connectivity index is 1.43. The first-order chi connectivity index (χ1) is 12.1. The van der Waals surface area contributed by atoms with E-state index < -0.39 is 6.10 Å². The van der Waals surface area contributed by atoms with Crippen molar-refractivity contribution in [2.75, 3.05) is 6.54 Å². The third-order valence-corrected chi connectivity index (χ3v) is 4.11. The fraction of sp³-hybridized carbons (Fsp3) is 0.300. The summed E-state index contributed by atoms with van der Waals surface area (Å²) in [6, 6.07) is 15.7. The zero-order valence-corrected chi connectivity index (χ0v) is 14.6. The summed E-state index contributed by atoms with van der Waals surface area (Å²) in [6.45, 7) is 5.20. The van der Waals surface area contributed by atoms with E-state index in [1.165, 1.54) is 0 Å². The van der Waals surface area contributed by atoms with Gasteiger partial charge in [-0.25, -0.2) is 4.98 Å². The van der Waals surface area contributed by atoms with Gasteiger partial charge in [-0.2, -0.15) is 0 Å². The Kier molecular flexibility index (Phi) is 5.33. The van der Waals surface area contributed by atoms with Crippen LogP contribution < -0.4 is 10.1 Å². The van der Waals surface area contributed by atoms with Gasteiger partial charge in [0.2, 0.25) is 0 Å². The number of aromatic nitrogens is 2. The predicted molar refractivity (Wildman–Crippen MR) is 98.6 cm³/mol. The van der Waals surface area contributed by atoms with Gasteiger partial charge in [0.15, 0.2) is 6.10 Å². The molecule has 2 aromatic carbocycles. The summed E-state index contributed by atoms with van der Waals surface area (Å²) in [5, 5.41) is 2.93. The van der Waals surface area contributed by atoms with Gasteiger partial charge in [0.1, 0.15) is 5.75 Å². The lowest BCUT2D eigenvalue weighted by molar-refractivity contribution is -0.127. The molecule has 3 aromatic rings. The van der Waals surface area contributed by atoms with Gasteiger partial charge in [0.05, 0.1) is 17.4 Å². The smallest absolute Gasteiger partial charge is 0.260 e. The number of benzene rings is 2. The topological polar surface area (TPSA) is 56.1 Å². The summed E-state index contributed by atoms with van der Waals surface area (Å²) in [4.78, 5) is 16.5. The number of hydrogen-bond donors (Lipinski definition) is 1. The Hall–Kier alpha value is -2.82. The summed E-state index contributed by atoms with van der Waals surface area (Å²) in [7, 11) is 0. The van der Waals surface area contributed by atoms with Crippen molar-refractivity contribution in [1.82, 2.24) is 14.9 Å². The van der Waals surface area contributed by atoms with Crippen molar-refractivity contribution < 1.29 is 9.53 Å². The molecule has 130 valence electrons. The van der Waals surface area contributed by atoms with Gasteiger partial charge in [0, 0.05) is 13.1 Å². The van der Waals surface area contributed by atoms with Crippen LogP contribution in [0.1, 0.15) is 18.9 Å². The van der Waals surface area contributed by atoms with E-state index in [0.29, 0.717) is 12.3 Å². The second-order valence-corrected chi connectivity index (χ2v) is 6.14. The second kappa shape index (κ2) is 7.83. The Morgan fingerprint density at radius 1 is 1.20 bits per heavy atom. The quantitative estimate of drug-likeness (QED) is 0.673. The first-order valence-electron chi connectivity index (χ1n) is 8.54. The molecule has 5 nitrogen and oxygen atoms in total. The molecular formula is C20H23N3O2. The summed E-state index contributed by atoms with van der Waals surface area (Å²) >= 11 is 0. The van der Waals surface area contributed by atoms with Gasteiger partial charge in [-0.15, -0.1) is 0 Å². The standard InChI is InChI=1S/C20H23N3O2/c1-15-8-10-17(11-9-15)25-16(2)20(24)21-12-5-13-23-14-22-18-6-3-4-7-19(18)23/h3-4,6-11,14,16H,5,12-13H2,1-2H3,(H,21,24). The normalized spacial score (nSPS) is 12.1. The molecule has 1 amide bonds. The van der Waals surface area contributed by atoms with Crippen LogP contribution in [0.4, 0.5) is 0 Å². The highest BCUT2D eigenvalue weighted by atomic mass is 16.5. The second-order valence-electron chi connectivity index (χ2n) is 6.14. The SMILES string of the molecule is Cc1ccc(OC(C)C(=O)NCCCn2cnc3ccccc32)cc1. The fourth-order valence-corrected chi connectivity index (χ4v) is 2.67. The van der Waals surface area contributed by atoms with Crippen LogP contribution in [0.25, 0.3) is 11.0 Å². The van der Waals surface area contributed by atoms with Gasteiger partial charge in [-0.3, -0.25) is 4.79 Å². The molecule has 1 atom stereocenters. The Morgan fingerprint density at radius 2 is 1.96 bits per heavy atom. The van der Waals surface area contributed by atoms with E-state index in [1.54, 1.807) is 6.92 Å². The summed E-state index contributed by atoms with van der Waals surface area (Å²) in [6.07, 6.45) is 2.16. The van der Waals surface area contributed by atoms with Crippen LogP contribution in [-0.2, 0) is 11.3 Å². The maximum Gasteiger partial charge on any atom is 0.260 e. The first kappa shape index (κ1) is 17.0. The zero-order valence-electron chi connectivity index (χ0n) is 14.6. The van der Waals surface area contributed by atoms with Gasteiger partial charge in [-0.05, 0) is 44.5 Å². The summed E-state index contributed by atoms with van der Waals surface area (Å²) in [5.41, 5.74) is 3.27. The molecule has 0 spiro atoms. The number of hydrogen-bond acceptors (Lipinski definition) is 3. The minimum atomic E-state index is -0.517. The van der Waals surface area contributed by atoms with Gasteiger partial charge in [0.25, 0.3) is 5.91 Å². The maximum atomic E-state index is 12.1. The largest absolute Gasteiger partial charge is 0.481 e. The first-order valence-corrected chi connectivity index (χ1v) is 8.54. The highest BCUT2D eigenvalue weighted by molar-refractivity contribution is 5.80. The van der Waals surface area contributed by atoms with Crippen LogP contribution in [-0.4, -0.2) is 28.1 Å². The number of carbonyl (C=O) groups excluding carboxylic acids is 1. The molecule has 0 aliphatic heterocycles. The lowest BCUT2D eigenvalue weighted by Gasteiger charge is -2.15. The average Bonchev–Trinajstić information content (AvgIpc) is 3.03. The molecule has 5 heteroatoms. The lowest BCUT2D eigenvalue weighted by atomic mass is 10.2. The Morgan fingerprint density at radius 3 is 2.76 bits per heavy atom. The van der Waals surface area contributed by atoms with Crippen molar-refractivity contribution >= 4 is 16.9 Å². The van der Waals surface area contributed by atoms with Crippen LogP contribution in [0.15, 0.2) is 54.9 Å². The van der Waals surface area contributed by atoms with Crippen LogP contribution in [0.2, 0.25) is 0 Å². The molecule has 1 heterocycles. The number of carbonyl (C=O) groups is 1. The number of rotatable bonds is 7. The monoisotopic (exact) mass is 337 g/mol. The number of para-hydroxylation sites is 2. The summed E-state index contributed by atoms with van der Waals surface area (Å²) < 4.78 is 7.77. The van der Waals surface area contributed by atoms with E-state index in [4.69, 9.17) is 4.74 Å². The van der Waals surface area contributed by atoms with Gasteiger partial charge >= 0.3 is 0 Å². The van der Waals surface area contributed by atoms with Crippen LogP contribution in [0.3, 0.4) is 0 Å². The highest BCUT2D eigenvalue weighted by Gasteiger charge is 2.13. The number of nitrogens with zero attached hydrogens (tertiary/aromatic N) is 2. The molecule has 1 unspecified atom stereocenters. The molecule has 1 N–H and O–H groups in total. The third kappa shape index (κ3) is 4.38. The minimum absolute atomic E-state index is 0.101. The van der Waals surface area contributed by atoms with Crippen molar-refractivity contribution in [2.24, 2.45) is 0 Å². The molecular weight excluding hydrogens is 314 g/mol. The van der Waals surface area contributed by atoms with Gasteiger partial charge in [-0.1, -0.05) is 29.8 Å². The van der Waals surface area contributed by atoms with Crippen molar-refractivity contribution in [1.29, 1.82) is 0 Å². The number of amides is 1. The number of imidazole rings is 1. The minimum Gasteiger partial charge on any atom is -0.481 e. The molecule has 1 aromatic heterocycles. The molecule has 25 heavy (non-hydrogen) atoms. The fourth-order valence-electron chi connectivity index (χ4n) is 2.67. The van der Waals surface area contributed by atoms with Crippen LogP contribution >= 0.6 is 0 Å². The lowest BCUT2D eigenvalue weighted by Crippen LogP contribution is -2.37. The van der Waals surface area contributed by atoms with Crippen molar-refractivity contribution in [3.63, 3.8) is 0 Å². The van der Waals surface area contributed by atoms with Crippen molar-refractivity contribution in [3.05, 3.63) is 60.4 Å². The van der Waals surface area contributed by atoms with E-state index in [9.17, 15) is 4.79 Å². The number of ether oxygens (including phenoxy) is 1. The Labute approximate surface area is 147 Å². The molecule has 3 rings (SSSR count). The average molecular weight is 337 g/mol. The number of aryl methyl sites for hydroxylation is 2. The highest BCUT2D eigenvalue weighted by Crippen LogP contribution is 2.14. The van der Waals surface area contributed by atoms with Crippen molar-refractivity contribution in [3.8, 4) is 5.75 Å². The van der Waals surface area contributed by atoms with E-state index in [2.05, 4.69) is 20.9 Å². The number of fused-ring (bicyclic) bond motifs is 1. The van der Waals surface area contributed by atoms with E-state index >= 15 is 0 Å². The van der Waals surface area contributed by atoms with Crippen molar-refractivity contribution in [2.45, 2.75) is 32.9 Å².